The van der Waals surface area contributed by atoms with Crippen LogP contribution in [0, 0.1) is 0 Å². The Bertz CT molecular complexity index is 937. The SMILES string of the molecule is CC(C)c1c(O)n(-c2ccc3ncsc3c2)c(=O)[nH]c1=O. The van der Waals surface area contributed by atoms with Crippen molar-refractivity contribution in [2.24, 2.45) is 0 Å². The number of aromatic hydroxyl groups is 1. The van der Waals surface area contributed by atoms with Crippen LogP contribution in [-0.4, -0.2) is 19.6 Å². The van der Waals surface area contributed by atoms with E-state index in [2.05, 4.69) is 9.97 Å². The minimum absolute atomic E-state index is 0.194. The molecular formula is C14H13N3O3S. The fraction of sp³-hybridized carbons (Fsp3) is 0.214. The first-order valence-electron chi connectivity index (χ1n) is 6.41. The molecule has 0 unspecified atom stereocenters. The Balaban J connectivity index is 2.33. The molecule has 21 heavy (non-hydrogen) atoms. The first-order chi connectivity index (χ1) is 9.99. The Morgan fingerprint density at radius 2 is 2.10 bits per heavy atom. The quantitative estimate of drug-likeness (QED) is 0.757. The number of benzene rings is 1. The van der Waals surface area contributed by atoms with Crippen LogP contribution in [0.25, 0.3) is 15.9 Å². The Morgan fingerprint density at radius 1 is 1.33 bits per heavy atom. The molecule has 7 heteroatoms. The van der Waals surface area contributed by atoms with Crippen LogP contribution in [0.2, 0.25) is 0 Å². The van der Waals surface area contributed by atoms with Gasteiger partial charge in [0.05, 0.1) is 27.0 Å². The summed E-state index contributed by atoms with van der Waals surface area (Å²) in [5.74, 6) is -0.518. The van der Waals surface area contributed by atoms with Crippen LogP contribution in [-0.2, 0) is 0 Å². The molecule has 1 aromatic carbocycles. The lowest BCUT2D eigenvalue weighted by Gasteiger charge is -2.13. The molecule has 0 fully saturated rings. The second-order valence-electron chi connectivity index (χ2n) is 4.99. The molecule has 0 spiro atoms. The monoisotopic (exact) mass is 303 g/mol. The van der Waals surface area contributed by atoms with Crippen LogP contribution < -0.4 is 11.2 Å². The number of nitrogens with one attached hydrogen (secondary N) is 1. The van der Waals surface area contributed by atoms with E-state index in [4.69, 9.17) is 0 Å². The van der Waals surface area contributed by atoms with Gasteiger partial charge in [-0.15, -0.1) is 11.3 Å². The molecule has 108 valence electrons. The second kappa shape index (κ2) is 4.85. The highest BCUT2D eigenvalue weighted by atomic mass is 32.1. The van der Waals surface area contributed by atoms with Crippen LogP contribution in [0.4, 0.5) is 0 Å². The third kappa shape index (κ3) is 2.15. The Kier molecular flexibility index (Phi) is 3.13. The molecule has 6 nitrogen and oxygen atoms in total. The van der Waals surface area contributed by atoms with E-state index in [1.54, 1.807) is 37.6 Å². The molecule has 0 aliphatic rings. The van der Waals surface area contributed by atoms with Gasteiger partial charge in [-0.05, 0) is 24.1 Å². The van der Waals surface area contributed by atoms with Crippen molar-refractivity contribution in [3.8, 4) is 11.6 Å². The average Bonchev–Trinajstić information content (AvgIpc) is 2.84. The molecule has 2 N–H and O–H groups in total. The molecule has 2 aromatic heterocycles. The molecule has 0 radical (unpaired) electrons. The maximum atomic E-state index is 12.0. The normalized spacial score (nSPS) is 11.4. The van der Waals surface area contributed by atoms with Crippen molar-refractivity contribution < 1.29 is 5.11 Å². The lowest BCUT2D eigenvalue weighted by molar-refractivity contribution is 0.419. The molecule has 3 aromatic rings. The summed E-state index contributed by atoms with van der Waals surface area (Å²) in [6.07, 6.45) is 0. The van der Waals surface area contributed by atoms with Crippen molar-refractivity contribution in [3.63, 3.8) is 0 Å². The lowest BCUT2D eigenvalue weighted by Crippen LogP contribution is -2.31. The number of hydrogen-bond donors (Lipinski definition) is 2. The van der Waals surface area contributed by atoms with Gasteiger partial charge >= 0.3 is 5.69 Å². The Hall–Kier alpha value is -2.41. The van der Waals surface area contributed by atoms with E-state index in [1.165, 1.54) is 11.3 Å². The largest absolute Gasteiger partial charge is 0.494 e. The van der Waals surface area contributed by atoms with Crippen molar-refractivity contribution in [2.45, 2.75) is 19.8 Å². The maximum Gasteiger partial charge on any atom is 0.335 e. The molecule has 0 saturated heterocycles. The predicted molar refractivity (Wildman–Crippen MR) is 81.6 cm³/mol. The third-order valence-electron chi connectivity index (χ3n) is 3.27. The molecule has 3 rings (SSSR count). The first kappa shape index (κ1) is 13.6. The molecule has 0 amide bonds. The standard InChI is InChI=1S/C14H13N3O3S/c1-7(2)11-12(18)16-14(20)17(13(11)19)8-3-4-9-10(5-8)21-6-15-9/h3-7,19H,1-2H3,(H,16,18,20). The van der Waals surface area contributed by atoms with Crippen molar-refractivity contribution >= 4 is 21.6 Å². The fourth-order valence-corrected chi connectivity index (χ4v) is 2.99. The minimum Gasteiger partial charge on any atom is -0.494 e. The van der Waals surface area contributed by atoms with Crippen LogP contribution in [0.15, 0.2) is 33.3 Å². The summed E-state index contributed by atoms with van der Waals surface area (Å²) in [5, 5.41) is 10.3. The summed E-state index contributed by atoms with van der Waals surface area (Å²) in [6, 6.07) is 5.22. The molecule has 0 bridgehead atoms. The summed E-state index contributed by atoms with van der Waals surface area (Å²) in [7, 11) is 0. The van der Waals surface area contributed by atoms with Crippen molar-refractivity contribution in [1.82, 2.24) is 14.5 Å². The van der Waals surface area contributed by atoms with Gasteiger partial charge < -0.3 is 5.11 Å². The summed E-state index contributed by atoms with van der Waals surface area (Å²) < 4.78 is 2.01. The zero-order valence-corrected chi connectivity index (χ0v) is 12.3. The Labute approximate surface area is 123 Å². The van der Waals surface area contributed by atoms with Crippen molar-refractivity contribution in [1.29, 1.82) is 0 Å². The van der Waals surface area contributed by atoms with Gasteiger partial charge in [0.1, 0.15) is 0 Å². The lowest BCUT2D eigenvalue weighted by atomic mass is 10.1. The maximum absolute atomic E-state index is 12.0. The van der Waals surface area contributed by atoms with E-state index in [-0.39, 0.29) is 17.4 Å². The smallest absolute Gasteiger partial charge is 0.335 e. The number of nitrogens with zero attached hydrogens (tertiary/aromatic N) is 2. The zero-order valence-electron chi connectivity index (χ0n) is 11.5. The van der Waals surface area contributed by atoms with E-state index >= 15 is 0 Å². The number of H-pyrrole nitrogens is 1. The van der Waals surface area contributed by atoms with Crippen LogP contribution in [0.3, 0.4) is 0 Å². The number of thiazole rings is 1. The fourth-order valence-electron chi connectivity index (χ4n) is 2.28. The van der Waals surface area contributed by atoms with E-state index in [0.717, 1.165) is 14.8 Å². The second-order valence-corrected chi connectivity index (χ2v) is 5.88. The van der Waals surface area contributed by atoms with Gasteiger partial charge in [-0.1, -0.05) is 13.8 Å². The number of aromatic nitrogens is 3. The highest BCUT2D eigenvalue weighted by molar-refractivity contribution is 7.16. The van der Waals surface area contributed by atoms with Gasteiger partial charge in [-0.25, -0.2) is 14.3 Å². The van der Waals surface area contributed by atoms with Gasteiger partial charge in [0, 0.05) is 0 Å². The average molecular weight is 303 g/mol. The van der Waals surface area contributed by atoms with E-state index in [0.29, 0.717) is 5.69 Å². The highest BCUT2D eigenvalue weighted by Crippen LogP contribution is 2.25. The summed E-state index contributed by atoms with van der Waals surface area (Å²) >= 11 is 1.44. The highest BCUT2D eigenvalue weighted by Gasteiger charge is 2.18. The van der Waals surface area contributed by atoms with Gasteiger partial charge in [0.25, 0.3) is 5.56 Å². The third-order valence-corrected chi connectivity index (χ3v) is 4.06. The van der Waals surface area contributed by atoms with E-state index < -0.39 is 11.2 Å². The number of rotatable bonds is 2. The predicted octanol–water partition coefficient (Wildman–Crippen LogP) is 1.96. The first-order valence-corrected chi connectivity index (χ1v) is 7.29. The number of fused-ring (bicyclic) bond motifs is 1. The molecule has 2 heterocycles. The van der Waals surface area contributed by atoms with E-state index in [9.17, 15) is 14.7 Å². The van der Waals surface area contributed by atoms with Crippen molar-refractivity contribution in [3.05, 3.63) is 50.1 Å². The molecule has 0 aliphatic carbocycles. The van der Waals surface area contributed by atoms with Gasteiger partial charge in [-0.2, -0.15) is 0 Å². The number of hydrogen-bond acceptors (Lipinski definition) is 5. The van der Waals surface area contributed by atoms with Gasteiger partial charge in [-0.3, -0.25) is 9.78 Å². The molecule has 0 saturated carbocycles. The van der Waals surface area contributed by atoms with Gasteiger partial charge in [0.15, 0.2) is 0 Å². The van der Waals surface area contributed by atoms with Crippen molar-refractivity contribution in [2.75, 3.05) is 0 Å². The van der Waals surface area contributed by atoms with E-state index in [1.807, 2.05) is 0 Å². The zero-order chi connectivity index (χ0) is 15.1. The molecule has 0 atom stereocenters. The van der Waals surface area contributed by atoms with Crippen LogP contribution in [0.1, 0.15) is 25.3 Å². The molecular weight excluding hydrogens is 290 g/mol. The topological polar surface area (TPSA) is 88.0 Å². The van der Waals surface area contributed by atoms with Crippen LogP contribution in [0.5, 0.6) is 5.88 Å². The minimum atomic E-state index is -0.661. The number of aromatic amines is 1. The Morgan fingerprint density at radius 3 is 2.81 bits per heavy atom. The van der Waals surface area contributed by atoms with Gasteiger partial charge in [0.2, 0.25) is 5.88 Å². The summed E-state index contributed by atoms with van der Waals surface area (Å²) in [5.41, 5.74) is 2.01. The molecule has 0 aliphatic heterocycles. The van der Waals surface area contributed by atoms with Crippen LogP contribution >= 0.6 is 11.3 Å². The summed E-state index contributed by atoms with van der Waals surface area (Å²) in [6.45, 7) is 3.57. The summed E-state index contributed by atoms with van der Waals surface area (Å²) in [4.78, 5) is 30.3.